The van der Waals surface area contributed by atoms with Gasteiger partial charge in [0.1, 0.15) is 5.69 Å². The molecule has 0 bridgehead atoms. The van der Waals surface area contributed by atoms with Crippen LogP contribution in [-0.2, 0) is 0 Å². The molecule has 1 aromatic carbocycles. The minimum Gasteiger partial charge on any atom is -0.399 e. The number of benzene rings is 1. The summed E-state index contributed by atoms with van der Waals surface area (Å²) in [5, 5.41) is 10.6. The first-order valence-corrected chi connectivity index (χ1v) is 4.26. The van der Waals surface area contributed by atoms with E-state index in [2.05, 4.69) is 0 Å². The van der Waals surface area contributed by atoms with E-state index in [0.717, 1.165) is 5.56 Å². The summed E-state index contributed by atoms with van der Waals surface area (Å²) in [6, 6.07) is 2.95. The lowest BCUT2D eigenvalue weighted by molar-refractivity contribution is -0.383. The molecule has 5 nitrogen and oxygen atoms in total. The zero-order valence-electron chi connectivity index (χ0n) is 8.15. The second-order valence-corrected chi connectivity index (χ2v) is 3.45. The van der Waals surface area contributed by atoms with Crippen LogP contribution in [0.3, 0.4) is 0 Å². The maximum absolute atomic E-state index is 10.6. The number of nitro benzene ring substituents is 1. The highest BCUT2D eigenvalue weighted by Crippen LogP contribution is 2.32. The van der Waals surface area contributed by atoms with E-state index in [9.17, 15) is 10.1 Å². The summed E-state index contributed by atoms with van der Waals surface area (Å²) in [6.07, 6.45) is 0. The first-order chi connectivity index (χ1) is 6.43. The molecule has 0 aliphatic rings. The van der Waals surface area contributed by atoms with Gasteiger partial charge in [-0.15, -0.1) is 0 Å². The number of nitrogens with two attached hydrogens (primary N) is 2. The van der Waals surface area contributed by atoms with Crippen LogP contribution in [0, 0.1) is 10.1 Å². The zero-order valence-corrected chi connectivity index (χ0v) is 8.15. The summed E-state index contributed by atoms with van der Waals surface area (Å²) in [5.41, 5.74) is 12.4. The third kappa shape index (κ3) is 1.76. The highest BCUT2D eigenvalue weighted by molar-refractivity contribution is 5.69. The minimum atomic E-state index is -0.516. The molecule has 1 rings (SSSR count). The standard InChI is InChI=1S/C9H13N3O2/c1-5(2)7-3-6(10)4-8(9(7)11)12(13)14/h3-5H,10-11H2,1-2H3. The van der Waals surface area contributed by atoms with Crippen LogP contribution in [0.2, 0.25) is 0 Å². The van der Waals surface area contributed by atoms with Crippen molar-refractivity contribution < 1.29 is 4.92 Å². The van der Waals surface area contributed by atoms with Gasteiger partial charge in [-0.3, -0.25) is 10.1 Å². The fraction of sp³-hybridized carbons (Fsp3) is 0.333. The highest BCUT2D eigenvalue weighted by Gasteiger charge is 2.17. The molecule has 1 aromatic rings. The van der Waals surface area contributed by atoms with Gasteiger partial charge in [-0.2, -0.15) is 0 Å². The second-order valence-electron chi connectivity index (χ2n) is 3.45. The van der Waals surface area contributed by atoms with E-state index < -0.39 is 4.92 Å². The quantitative estimate of drug-likeness (QED) is 0.428. The van der Waals surface area contributed by atoms with E-state index in [1.165, 1.54) is 6.07 Å². The Morgan fingerprint density at radius 2 is 1.93 bits per heavy atom. The predicted molar refractivity (Wildman–Crippen MR) is 56.0 cm³/mol. The maximum atomic E-state index is 10.6. The molecule has 0 saturated carbocycles. The molecule has 14 heavy (non-hydrogen) atoms. The molecule has 0 spiro atoms. The number of rotatable bonds is 2. The maximum Gasteiger partial charge on any atom is 0.294 e. The Morgan fingerprint density at radius 1 is 1.36 bits per heavy atom. The lowest BCUT2D eigenvalue weighted by atomic mass is 9.99. The first kappa shape index (κ1) is 10.3. The van der Waals surface area contributed by atoms with Gasteiger partial charge in [-0.1, -0.05) is 13.8 Å². The van der Waals surface area contributed by atoms with E-state index in [1.54, 1.807) is 6.07 Å². The Bertz CT molecular complexity index is 375. The van der Waals surface area contributed by atoms with Crippen molar-refractivity contribution in [2.75, 3.05) is 11.5 Å². The third-order valence-electron chi connectivity index (χ3n) is 2.03. The molecular formula is C9H13N3O2. The van der Waals surface area contributed by atoms with Crippen molar-refractivity contribution in [3.05, 3.63) is 27.8 Å². The van der Waals surface area contributed by atoms with Gasteiger partial charge >= 0.3 is 0 Å². The largest absolute Gasteiger partial charge is 0.399 e. The van der Waals surface area contributed by atoms with Crippen LogP contribution in [-0.4, -0.2) is 4.92 Å². The van der Waals surface area contributed by atoms with Gasteiger partial charge in [0.15, 0.2) is 0 Å². The molecule has 5 heteroatoms. The van der Waals surface area contributed by atoms with Gasteiger partial charge in [0, 0.05) is 11.8 Å². The number of nitrogens with zero attached hydrogens (tertiary/aromatic N) is 1. The number of hydrogen-bond acceptors (Lipinski definition) is 4. The van der Waals surface area contributed by atoms with Crippen molar-refractivity contribution in [1.82, 2.24) is 0 Å². The van der Waals surface area contributed by atoms with Crippen LogP contribution >= 0.6 is 0 Å². The van der Waals surface area contributed by atoms with Crippen LogP contribution in [0.15, 0.2) is 12.1 Å². The van der Waals surface area contributed by atoms with Crippen LogP contribution in [0.5, 0.6) is 0 Å². The first-order valence-electron chi connectivity index (χ1n) is 4.26. The lowest BCUT2D eigenvalue weighted by Gasteiger charge is -2.10. The van der Waals surface area contributed by atoms with Crippen LogP contribution in [0.1, 0.15) is 25.3 Å². The molecule has 0 saturated heterocycles. The van der Waals surface area contributed by atoms with Crippen molar-refractivity contribution in [2.45, 2.75) is 19.8 Å². The van der Waals surface area contributed by atoms with Gasteiger partial charge < -0.3 is 11.5 Å². The van der Waals surface area contributed by atoms with Crippen LogP contribution in [0.25, 0.3) is 0 Å². The van der Waals surface area contributed by atoms with Crippen molar-refractivity contribution in [1.29, 1.82) is 0 Å². The Labute approximate surface area is 81.9 Å². The van der Waals surface area contributed by atoms with Crippen LogP contribution < -0.4 is 11.5 Å². The number of hydrogen-bond donors (Lipinski definition) is 2. The van der Waals surface area contributed by atoms with E-state index >= 15 is 0 Å². The molecule has 0 heterocycles. The van der Waals surface area contributed by atoms with Gasteiger partial charge in [0.2, 0.25) is 0 Å². The van der Waals surface area contributed by atoms with Gasteiger partial charge in [-0.05, 0) is 17.5 Å². The predicted octanol–water partition coefficient (Wildman–Crippen LogP) is 1.88. The number of nitrogen functional groups attached to an aromatic ring is 2. The molecule has 4 N–H and O–H groups in total. The SMILES string of the molecule is CC(C)c1cc(N)cc([N+](=O)[O-])c1N. The third-order valence-corrected chi connectivity index (χ3v) is 2.03. The monoisotopic (exact) mass is 195 g/mol. The van der Waals surface area contributed by atoms with Crippen molar-refractivity contribution in [3.8, 4) is 0 Å². The topological polar surface area (TPSA) is 95.2 Å². The van der Waals surface area contributed by atoms with Crippen molar-refractivity contribution in [2.24, 2.45) is 0 Å². The van der Waals surface area contributed by atoms with E-state index in [-0.39, 0.29) is 17.3 Å². The van der Waals surface area contributed by atoms with Gasteiger partial charge in [0.25, 0.3) is 5.69 Å². The summed E-state index contributed by atoms with van der Waals surface area (Å²) in [5.74, 6) is 0.122. The lowest BCUT2D eigenvalue weighted by Crippen LogP contribution is -2.03. The number of nitro groups is 1. The molecule has 0 fully saturated rings. The summed E-state index contributed by atoms with van der Waals surface area (Å²) in [7, 11) is 0. The van der Waals surface area contributed by atoms with Gasteiger partial charge in [0.05, 0.1) is 4.92 Å². The molecule has 0 radical (unpaired) electrons. The molecular weight excluding hydrogens is 182 g/mol. The summed E-state index contributed by atoms with van der Waals surface area (Å²) < 4.78 is 0. The smallest absolute Gasteiger partial charge is 0.294 e. The summed E-state index contributed by atoms with van der Waals surface area (Å²) in [6.45, 7) is 3.82. The Kier molecular flexibility index (Phi) is 2.60. The molecule has 0 atom stereocenters. The van der Waals surface area contributed by atoms with E-state index in [0.29, 0.717) is 5.69 Å². The average Bonchev–Trinajstić information content (AvgIpc) is 2.07. The summed E-state index contributed by atoms with van der Waals surface area (Å²) >= 11 is 0. The molecule has 0 amide bonds. The number of anilines is 2. The van der Waals surface area contributed by atoms with Gasteiger partial charge in [-0.25, -0.2) is 0 Å². The Morgan fingerprint density at radius 3 is 2.36 bits per heavy atom. The van der Waals surface area contributed by atoms with Crippen LogP contribution in [0.4, 0.5) is 17.1 Å². The normalized spacial score (nSPS) is 10.5. The summed E-state index contributed by atoms with van der Waals surface area (Å²) in [4.78, 5) is 10.1. The molecule has 0 aromatic heterocycles. The fourth-order valence-corrected chi connectivity index (χ4v) is 1.31. The van der Waals surface area contributed by atoms with Crippen molar-refractivity contribution >= 4 is 17.1 Å². The van der Waals surface area contributed by atoms with Crippen molar-refractivity contribution in [3.63, 3.8) is 0 Å². The minimum absolute atomic E-state index is 0.117. The fourth-order valence-electron chi connectivity index (χ4n) is 1.31. The Balaban J connectivity index is 3.40. The molecule has 0 aliphatic heterocycles. The average molecular weight is 195 g/mol. The molecule has 76 valence electrons. The zero-order chi connectivity index (χ0) is 10.9. The Hall–Kier alpha value is -1.78. The molecule has 0 unspecified atom stereocenters. The highest BCUT2D eigenvalue weighted by atomic mass is 16.6. The van der Waals surface area contributed by atoms with E-state index in [4.69, 9.17) is 11.5 Å². The second kappa shape index (κ2) is 3.53. The van der Waals surface area contributed by atoms with E-state index in [1.807, 2.05) is 13.8 Å². The molecule has 0 aliphatic carbocycles.